The maximum atomic E-state index is 14.6. The molecule has 0 aliphatic carbocycles. The minimum Gasteiger partial charge on any atom is -0.357 e. The standard InChI is InChI=1S/C26H27BrFN3O4S/c1-29-26(33)24(15-19-9-4-3-5-10-19)30(17-20-11-6-7-14-23(20)28)25(32)18-31(36(2,34)35)22-13-8-12-21(27)16-22/h3-14,16,24H,15,17-18H2,1-2H3,(H,29,33)/t24-/m1/s1. The van der Waals surface area contributed by atoms with Gasteiger partial charge in [0.1, 0.15) is 18.4 Å². The first kappa shape index (κ1) is 27.3. The Morgan fingerprint density at radius 2 is 1.67 bits per heavy atom. The fraction of sp³-hybridized carbons (Fsp3) is 0.231. The van der Waals surface area contributed by atoms with Crippen LogP contribution in [0.25, 0.3) is 0 Å². The lowest BCUT2D eigenvalue weighted by molar-refractivity contribution is -0.139. The molecule has 3 aromatic rings. The van der Waals surface area contributed by atoms with Crippen molar-refractivity contribution < 1.29 is 22.4 Å². The summed E-state index contributed by atoms with van der Waals surface area (Å²) in [7, 11) is -2.41. The van der Waals surface area contributed by atoms with E-state index in [9.17, 15) is 22.4 Å². The van der Waals surface area contributed by atoms with Gasteiger partial charge >= 0.3 is 0 Å². The monoisotopic (exact) mass is 575 g/mol. The number of hydrogen-bond acceptors (Lipinski definition) is 4. The molecule has 0 heterocycles. The van der Waals surface area contributed by atoms with Crippen LogP contribution in [0.3, 0.4) is 0 Å². The molecule has 3 rings (SSSR count). The van der Waals surface area contributed by atoms with E-state index >= 15 is 0 Å². The van der Waals surface area contributed by atoms with Crippen molar-refractivity contribution >= 4 is 43.5 Å². The molecule has 1 atom stereocenters. The Kier molecular flexibility index (Phi) is 9.22. The van der Waals surface area contributed by atoms with E-state index in [0.717, 1.165) is 16.1 Å². The second kappa shape index (κ2) is 12.1. The zero-order valence-electron chi connectivity index (χ0n) is 19.9. The fourth-order valence-electron chi connectivity index (χ4n) is 3.78. The first-order chi connectivity index (χ1) is 17.1. The third-order valence-corrected chi connectivity index (χ3v) is 7.23. The summed E-state index contributed by atoms with van der Waals surface area (Å²) in [5.41, 5.74) is 1.29. The lowest BCUT2D eigenvalue weighted by Crippen LogP contribution is -2.53. The molecule has 0 saturated carbocycles. The Balaban J connectivity index is 2.04. The van der Waals surface area contributed by atoms with Crippen molar-refractivity contribution in [2.75, 3.05) is 24.2 Å². The van der Waals surface area contributed by atoms with Gasteiger partial charge in [0.05, 0.1) is 11.9 Å². The normalized spacial score (nSPS) is 12.0. The molecule has 0 saturated heterocycles. The highest BCUT2D eigenvalue weighted by atomic mass is 79.9. The average Bonchev–Trinajstić information content (AvgIpc) is 2.85. The zero-order valence-corrected chi connectivity index (χ0v) is 22.3. The number of hydrogen-bond donors (Lipinski definition) is 1. The molecule has 0 fully saturated rings. The molecule has 190 valence electrons. The summed E-state index contributed by atoms with van der Waals surface area (Å²) in [5, 5.41) is 2.58. The van der Waals surface area contributed by atoms with Crippen molar-refractivity contribution in [3.8, 4) is 0 Å². The van der Waals surface area contributed by atoms with Crippen LogP contribution in [0.15, 0.2) is 83.3 Å². The van der Waals surface area contributed by atoms with Gasteiger partial charge in [-0.15, -0.1) is 0 Å². The molecular weight excluding hydrogens is 549 g/mol. The second-order valence-corrected chi connectivity index (χ2v) is 11.0. The third-order valence-electron chi connectivity index (χ3n) is 5.59. The van der Waals surface area contributed by atoms with Crippen LogP contribution in [-0.2, 0) is 32.6 Å². The predicted octanol–water partition coefficient (Wildman–Crippen LogP) is 3.74. The molecule has 0 unspecified atom stereocenters. The molecule has 10 heteroatoms. The van der Waals surface area contributed by atoms with E-state index in [0.29, 0.717) is 4.47 Å². The van der Waals surface area contributed by atoms with E-state index in [-0.39, 0.29) is 24.2 Å². The molecule has 1 N–H and O–H groups in total. The highest BCUT2D eigenvalue weighted by molar-refractivity contribution is 9.10. The number of rotatable bonds is 10. The molecule has 0 bridgehead atoms. The number of nitrogens with one attached hydrogen (secondary N) is 1. The average molecular weight is 576 g/mol. The van der Waals surface area contributed by atoms with Gasteiger partial charge in [-0.3, -0.25) is 13.9 Å². The molecule has 0 aromatic heterocycles. The second-order valence-electron chi connectivity index (χ2n) is 8.18. The van der Waals surface area contributed by atoms with Crippen molar-refractivity contribution in [1.82, 2.24) is 10.2 Å². The van der Waals surface area contributed by atoms with E-state index in [1.807, 2.05) is 30.3 Å². The SMILES string of the molecule is CNC(=O)[C@@H](Cc1ccccc1)N(Cc1ccccc1F)C(=O)CN(c1cccc(Br)c1)S(C)(=O)=O. The van der Waals surface area contributed by atoms with Crippen molar-refractivity contribution in [3.05, 3.63) is 100 Å². The summed E-state index contributed by atoms with van der Waals surface area (Å²) >= 11 is 3.32. The quantitative estimate of drug-likeness (QED) is 0.399. The number of carbonyl (C=O) groups excluding carboxylic acids is 2. The summed E-state index contributed by atoms with van der Waals surface area (Å²) < 4.78 is 41.5. The Morgan fingerprint density at radius 1 is 1.00 bits per heavy atom. The summed E-state index contributed by atoms with van der Waals surface area (Å²) in [6.07, 6.45) is 1.17. The first-order valence-electron chi connectivity index (χ1n) is 11.1. The summed E-state index contributed by atoms with van der Waals surface area (Å²) in [6, 6.07) is 20.6. The van der Waals surface area contributed by atoms with Gasteiger partial charge in [-0.05, 0) is 29.8 Å². The van der Waals surface area contributed by atoms with Crippen molar-refractivity contribution in [3.63, 3.8) is 0 Å². The van der Waals surface area contributed by atoms with Crippen LogP contribution >= 0.6 is 15.9 Å². The van der Waals surface area contributed by atoms with Crippen LogP contribution in [0.2, 0.25) is 0 Å². The van der Waals surface area contributed by atoms with Gasteiger partial charge in [0.25, 0.3) is 0 Å². The van der Waals surface area contributed by atoms with Gasteiger partial charge in [0, 0.05) is 30.0 Å². The van der Waals surface area contributed by atoms with Gasteiger partial charge in [-0.2, -0.15) is 0 Å². The third kappa shape index (κ3) is 7.14. The fourth-order valence-corrected chi connectivity index (χ4v) is 5.00. The maximum absolute atomic E-state index is 14.6. The molecule has 0 radical (unpaired) electrons. The summed E-state index contributed by atoms with van der Waals surface area (Å²) in [6.45, 7) is -0.779. The van der Waals surface area contributed by atoms with Gasteiger partial charge in [-0.25, -0.2) is 12.8 Å². The highest BCUT2D eigenvalue weighted by Gasteiger charge is 2.33. The number of benzene rings is 3. The van der Waals surface area contributed by atoms with Crippen LogP contribution in [0.5, 0.6) is 0 Å². The van der Waals surface area contributed by atoms with Crippen molar-refractivity contribution in [2.45, 2.75) is 19.0 Å². The highest BCUT2D eigenvalue weighted by Crippen LogP contribution is 2.23. The molecule has 7 nitrogen and oxygen atoms in total. The van der Waals surface area contributed by atoms with Gasteiger partial charge in [-0.1, -0.05) is 70.5 Å². The van der Waals surface area contributed by atoms with E-state index in [1.54, 1.807) is 30.3 Å². The van der Waals surface area contributed by atoms with Crippen LogP contribution in [-0.4, -0.2) is 51.0 Å². The minimum absolute atomic E-state index is 0.163. The van der Waals surface area contributed by atoms with E-state index in [1.165, 1.54) is 30.1 Å². The lowest BCUT2D eigenvalue weighted by atomic mass is 10.0. The number of sulfonamides is 1. The number of amides is 2. The van der Waals surface area contributed by atoms with Crippen molar-refractivity contribution in [1.29, 1.82) is 0 Å². The smallest absolute Gasteiger partial charge is 0.244 e. The summed E-state index contributed by atoms with van der Waals surface area (Å²) in [5.74, 6) is -1.62. The number of anilines is 1. The van der Waals surface area contributed by atoms with Crippen LogP contribution in [0.1, 0.15) is 11.1 Å². The van der Waals surface area contributed by atoms with Crippen LogP contribution in [0, 0.1) is 5.82 Å². The van der Waals surface area contributed by atoms with Crippen molar-refractivity contribution in [2.24, 2.45) is 0 Å². The van der Waals surface area contributed by atoms with Crippen LogP contribution in [0.4, 0.5) is 10.1 Å². The molecule has 0 spiro atoms. The molecule has 36 heavy (non-hydrogen) atoms. The Bertz CT molecular complexity index is 1320. The lowest BCUT2D eigenvalue weighted by Gasteiger charge is -2.33. The van der Waals surface area contributed by atoms with Gasteiger partial charge in [0.15, 0.2) is 0 Å². The van der Waals surface area contributed by atoms with Crippen LogP contribution < -0.4 is 9.62 Å². The first-order valence-corrected chi connectivity index (χ1v) is 13.8. The molecule has 3 aromatic carbocycles. The van der Waals surface area contributed by atoms with E-state index < -0.39 is 40.2 Å². The predicted molar refractivity (Wildman–Crippen MR) is 141 cm³/mol. The number of halogens is 2. The maximum Gasteiger partial charge on any atom is 0.244 e. The minimum atomic E-state index is -3.86. The Morgan fingerprint density at radius 3 is 2.28 bits per heavy atom. The van der Waals surface area contributed by atoms with E-state index in [2.05, 4.69) is 21.2 Å². The molecule has 0 aliphatic rings. The van der Waals surface area contributed by atoms with Gasteiger partial charge in [0.2, 0.25) is 21.8 Å². The number of carbonyl (C=O) groups is 2. The molecular formula is C26H27BrFN3O4S. The topological polar surface area (TPSA) is 86.8 Å². The molecule has 2 amide bonds. The number of nitrogens with zero attached hydrogens (tertiary/aromatic N) is 2. The Labute approximate surface area is 219 Å². The van der Waals surface area contributed by atoms with Gasteiger partial charge < -0.3 is 10.2 Å². The van der Waals surface area contributed by atoms with E-state index in [4.69, 9.17) is 0 Å². The molecule has 0 aliphatic heterocycles. The number of likely N-dealkylation sites (N-methyl/N-ethyl adjacent to an activating group) is 1. The zero-order chi connectivity index (χ0) is 26.3. The largest absolute Gasteiger partial charge is 0.357 e. The summed E-state index contributed by atoms with van der Waals surface area (Å²) in [4.78, 5) is 28.0. The Hall–Kier alpha value is -3.24.